The molecule has 10 nitrogen and oxygen atoms in total. The van der Waals surface area contributed by atoms with Crippen LogP contribution in [0, 0.1) is 53.3 Å². The van der Waals surface area contributed by atoms with Crippen LogP contribution in [-0.4, -0.2) is 47.8 Å². The highest BCUT2D eigenvalue weighted by molar-refractivity contribution is 8.50. The van der Waals surface area contributed by atoms with Gasteiger partial charge in [-0.3, -0.25) is 14.3 Å². The van der Waals surface area contributed by atoms with Crippen LogP contribution in [0.5, 0.6) is 11.5 Å². The van der Waals surface area contributed by atoms with Crippen LogP contribution in [0.4, 0.5) is 0 Å². The fraction of sp³-hybridized carbons (Fsp3) is 0.586. The van der Waals surface area contributed by atoms with Crippen LogP contribution in [0.25, 0.3) is 0 Å². The maximum atomic E-state index is 14.5. The van der Waals surface area contributed by atoms with E-state index in [4.69, 9.17) is 23.5 Å². The maximum absolute atomic E-state index is 14.5. The quantitative estimate of drug-likeness (QED) is 0.0590. The molecule has 1 unspecified atom stereocenters. The largest absolute Gasteiger partial charge is 0.586 e. The second-order valence-corrected chi connectivity index (χ2v) is 25.3. The van der Waals surface area contributed by atoms with Gasteiger partial charge in [-0.2, -0.15) is 0 Å². The van der Waals surface area contributed by atoms with Gasteiger partial charge in [-0.25, -0.2) is 4.79 Å². The number of benzene rings is 3. The minimum atomic E-state index is -2.19. The number of hydrogen-bond acceptors (Lipinski definition) is 9. The van der Waals surface area contributed by atoms with E-state index in [2.05, 4.69) is 45.7 Å². The number of hydrogen-bond donors (Lipinski definition) is 1. The molecule has 4 fully saturated rings. The van der Waals surface area contributed by atoms with Crippen LogP contribution < -0.4 is 20.7 Å². The summed E-state index contributed by atoms with van der Waals surface area (Å²) in [6, 6.07) is 25.7. The summed E-state index contributed by atoms with van der Waals surface area (Å²) in [4.78, 5) is 28.2. The van der Waals surface area contributed by atoms with E-state index < -0.39 is 42.5 Å². The van der Waals surface area contributed by atoms with Gasteiger partial charge in [0.25, 0.3) is 5.56 Å². The Balaban J connectivity index is 0.937. The van der Waals surface area contributed by atoms with E-state index in [0.29, 0.717) is 28.4 Å². The zero-order valence-electron chi connectivity index (χ0n) is 42.7. The lowest BCUT2D eigenvalue weighted by atomic mass is 9.47. The van der Waals surface area contributed by atoms with Gasteiger partial charge >= 0.3 is 12.9 Å². The minimum Gasteiger partial charge on any atom is -0.497 e. The van der Waals surface area contributed by atoms with Gasteiger partial charge < -0.3 is 18.9 Å². The highest BCUT2D eigenvalue weighted by Gasteiger charge is 2.59. The Bertz CT molecular complexity index is 2550. The molecule has 0 bridgehead atoms. The zero-order valence-corrected chi connectivity index (χ0v) is 44.4. The molecule has 376 valence electrons. The molecule has 5 aliphatic rings. The van der Waals surface area contributed by atoms with Gasteiger partial charge in [0.15, 0.2) is 11.4 Å². The van der Waals surface area contributed by atoms with E-state index >= 15 is 0 Å². The lowest BCUT2D eigenvalue weighted by Crippen LogP contribution is -2.50. The second kappa shape index (κ2) is 21.2. The maximum Gasteiger partial charge on any atom is 0.586 e. The monoisotopic (exact) mass is 992 g/mol. The summed E-state index contributed by atoms with van der Waals surface area (Å²) in [7, 11) is 1.10. The number of rotatable bonds is 18. The molecule has 1 N–H and O–H groups in total. The summed E-state index contributed by atoms with van der Waals surface area (Å²) < 4.78 is 47.6. The second-order valence-electron chi connectivity index (χ2n) is 22.3. The molecule has 9 rings (SSSR count). The van der Waals surface area contributed by atoms with Crippen LogP contribution in [0.15, 0.2) is 106 Å². The SMILES string of the molecule is COc1ccc(C(OC[C@H]2O[C@@H](n3cc(C)c(=O)[nH]c3=O)C[C@@H]2O[P+](=O)S[C@H]2CC[C@@]3(C)C(=CC[C@H]4[C@@H]5CC[C@H]([C@H](C)CCCC(C)C)[C@@]5(C)CC[C@@H]43)C2)(c2ccccc2)c2ccc(OC)cc2)cc1. The van der Waals surface area contributed by atoms with Crippen molar-refractivity contribution in [1.29, 1.82) is 0 Å². The number of aromatic amines is 1. The number of aryl methyl sites for hydroxylation is 1. The third kappa shape index (κ3) is 9.93. The molecular formula is C58H76N2O8PS+. The summed E-state index contributed by atoms with van der Waals surface area (Å²) in [5.74, 6) is 6.12. The first-order chi connectivity index (χ1) is 33.7. The van der Waals surface area contributed by atoms with Gasteiger partial charge in [0, 0.05) is 18.2 Å². The Labute approximate surface area is 420 Å². The minimum absolute atomic E-state index is 0.0219. The van der Waals surface area contributed by atoms with Crippen LogP contribution in [0.2, 0.25) is 0 Å². The van der Waals surface area contributed by atoms with Gasteiger partial charge in [-0.05, 0) is 150 Å². The van der Waals surface area contributed by atoms with Crippen molar-refractivity contribution in [3.8, 4) is 11.5 Å². The number of H-pyrrole nitrogens is 1. The standard InChI is InChI=1S/C58H75N2O8PS/c1-37(2)13-12-14-38(3)48-27-28-49-47-26-21-43-33-46(29-31-56(43,5)50(47)30-32-57(48,49)6)70-69(63)68-51-34-53(60-35-39(4)54(61)59-55(60)62)67-52(51)36-66-58(40-15-10-9-11-16-40,41-17-22-44(64-7)23-18-41)42-19-24-45(65-8)25-20-42/h9-11,15-25,35,37-38,46-53H,12-14,26-34,36H2,1-8H3/p+1/t38-,46+,47+,48-,49+,50+,51+,52-,53-,56+,57-/m1/s1. The fourth-order valence-electron chi connectivity index (χ4n) is 14.2. The lowest BCUT2D eigenvalue weighted by molar-refractivity contribution is -0.0908. The van der Waals surface area contributed by atoms with Crippen LogP contribution >= 0.6 is 18.6 Å². The van der Waals surface area contributed by atoms with Crippen molar-refractivity contribution < 1.29 is 28.0 Å². The average Bonchev–Trinajstić information content (AvgIpc) is 3.93. The van der Waals surface area contributed by atoms with E-state index in [1.807, 2.05) is 78.9 Å². The van der Waals surface area contributed by atoms with Gasteiger partial charge in [0.05, 0.1) is 26.1 Å². The zero-order chi connectivity index (χ0) is 49.4. The molecule has 2 heterocycles. The molecule has 1 aliphatic heterocycles. The van der Waals surface area contributed by atoms with E-state index in [0.717, 1.165) is 65.5 Å². The Morgan fingerprint density at radius 2 is 1.53 bits per heavy atom. The van der Waals surface area contributed by atoms with Crippen LogP contribution in [-0.2, 0) is 24.2 Å². The number of fused-ring (bicyclic) bond motifs is 5. The number of allylic oxidation sites excluding steroid dienone is 2. The first kappa shape index (κ1) is 50.9. The van der Waals surface area contributed by atoms with Crippen molar-refractivity contribution in [3.63, 3.8) is 0 Å². The molecule has 1 aromatic heterocycles. The third-order valence-corrected chi connectivity index (χ3v) is 21.0. The molecule has 0 radical (unpaired) electrons. The topological polar surface area (TPSA) is 118 Å². The van der Waals surface area contributed by atoms with Crippen molar-refractivity contribution in [2.24, 2.45) is 46.3 Å². The molecule has 4 aliphatic carbocycles. The summed E-state index contributed by atoms with van der Waals surface area (Å²) in [6.07, 6.45) is 15.9. The number of methoxy groups -OCH3 is 2. The summed E-state index contributed by atoms with van der Waals surface area (Å²) >= 11 is 1.46. The van der Waals surface area contributed by atoms with Crippen molar-refractivity contribution in [1.82, 2.24) is 9.55 Å². The molecule has 3 saturated carbocycles. The van der Waals surface area contributed by atoms with Gasteiger partial charge in [-0.15, -0.1) is 4.52 Å². The average molecular weight is 992 g/mol. The molecular weight excluding hydrogens is 916 g/mol. The molecule has 70 heavy (non-hydrogen) atoms. The van der Waals surface area contributed by atoms with Crippen molar-refractivity contribution in [3.05, 3.63) is 140 Å². The number of aromatic nitrogens is 2. The first-order valence-corrected chi connectivity index (χ1v) is 28.8. The van der Waals surface area contributed by atoms with Crippen LogP contribution in [0.1, 0.15) is 140 Å². The first-order valence-electron chi connectivity index (χ1n) is 26.1. The van der Waals surface area contributed by atoms with Gasteiger partial charge in [-0.1, -0.05) is 120 Å². The molecule has 1 saturated heterocycles. The third-order valence-electron chi connectivity index (χ3n) is 18.0. The Kier molecular flexibility index (Phi) is 15.4. The smallest absolute Gasteiger partial charge is 0.497 e. The summed E-state index contributed by atoms with van der Waals surface area (Å²) in [5.41, 5.74) is 3.02. The fourth-order valence-corrected chi connectivity index (χ4v) is 17.2. The van der Waals surface area contributed by atoms with E-state index in [1.54, 1.807) is 26.7 Å². The van der Waals surface area contributed by atoms with Crippen molar-refractivity contribution >= 4 is 18.6 Å². The number of nitrogens with zero attached hydrogens (tertiary/aromatic N) is 1. The number of ether oxygens (including phenoxy) is 4. The molecule has 12 heteroatoms. The Morgan fingerprint density at radius 1 is 0.857 bits per heavy atom. The molecule has 3 aromatic carbocycles. The Hall–Kier alpha value is -3.99. The molecule has 0 spiro atoms. The van der Waals surface area contributed by atoms with E-state index in [9.17, 15) is 14.2 Å². The van der Waals surface area contributed by atoms with E-state index in [1.165, 1.54) is 73.5 Å². The summed E-state index contributed by atoms with van der Waals surface area (Å²) in [5, 5.41) is 0.170. The molecule has 4 aromatic rings. The highest BCUT2D eigenvalue weighted by Crippen LogP contribution is 2.68. The van der Waals surface area contributed by atoms with E-state index in [-0.39, 0.29) is 23.7 Å². The van der Waals surface area contributed by atoms with Crippen molar-refractivity contribution in [2.45, 2.75) is 148 Å². The predicted molar refractivity (Wildman–Crippen MR) is 280 cm³/mol. The van der Waals surface area contributed by atoms with Gasteiger partial charge in [0.1, 0.15) is 35.5 Å². The predicted octanol–water partition coefficient (Wildman–Crippen LogP) is 13.3. The molecule has 0 amide bonds. The normalized spacial score (nSPS) is 30.2. The summed E-state index contributed by atoms with van der Waals surface area (Å²) in [6.45, 7) is 14.2. The lowest BCUT2D eigenvalue weighted by Gasteiger charge is -2.58. The number of nitrogens with one attached hydrogen (secondary N) is 1. The van der Waals surface area contributed by atoms with Gasteiger partial charge in [0.2, 0.25) is 0 Å². The van der Waals surface area contributed by atoms with Crippen LogP contribution in [0.3, 0.4) is 0 Å². The van der Waals surface area contributed by atoms with Crippen molar-refractivity contribution in [2.75, 3.05) is 20.8 Å². The highest BCUT2D eigenvalue weighted by atomic mass is 32.7. The molecule has 12 atom stereocenters. The Morgan fingerprint density at radius 3 is 2.19 bits per heavy atom.